The molecule has 15 aromatic rings. The number of halogens is 6. The van der Waals surface area contributed by atoms with Crippen LogP contribution < -0.4 is 0 Å². The van der Waals surface area contributed by atoms with Gasteiger partial charge in [0.15, 0.2) is 0 Å². The summed E-state index contributed by atoms with van der Waals surface area (Å²) in [7, 11) is 0. The highest BCUT2D eigenvalue weighted by molar-refractivity contribution is 7.26. The van der Waals surface area contributed by atoms with E-state index in [1.54, 1.807) is 37.2 Å². The van der Waals surface area contributed by atoms with Gasteiger partial charge in [-0.25, -0.2) is 26.3 Å². The standard InChI is InChI=1S/C62H28F6N6S/c63-31-9-17-50-41(23-31)42-24-32(64)10-18-51(42)71(50)57-47(29-69)59(73-54-21-13-35(67)27-45(54)46-28-36(68)14-22-55(46)73)60(48(30-70)58(57)72-52-19-11-33(65)25-43(52)44-26-34(66)12-20-53(44)72)74-49-7-3-1-5-37(49)39-15-16-40-38-6-2-4-8-56(38)75-62(40)61(39)74/h1-28H. The largest absolute Gasteiger partial charge is 0.306 e. The minimum Gasteiger partial charge on any atom is -0.306 e. The molecule has 354 valence electrons. The predicted octanol–water partition coefficient (Wildman–Crippen LogP) is 17.0. The van der Waals surface area contributed by atoms with Crippen LogP contribution in [0.4, 0.5) is 26.3 Å². The van der Waals surface area contributed by atoms with E-state index in [1.165, 1.54) is 97.1 Å². The van der Waals surface area contributed by atoms with Crippen molar-refractivity contribution in [3.05, 3.63) is 216 Å². The average Bonchev–Trinajstić information content (AvgIpc) is 4.37. The Kier molecular flexibility index (Phi) is 8.77. The van der Waals surface area contributed by atoms with Gasteiger partial charge in [-0.15, -0.1) is 11.3 Å². The fourth-order valence-corrected chi connectivity index (χ4v) is 13.1. The summed E-state index contributed by atoms with van der Waals surface area (Å²) in [5.41, 5.74) is 3.74. The maximum Gasteiger partial charge on any atom is 0.123 e. The number of benzene rings is 10. The molecule has 0 amide bonds. The molecule has 75 heavy (non-hydrogen) atoms. The molecule has 0 aliphatic heterocycles. The van der Waals surface area contributed by atoms with Gasteiger partial charge in [0.25, 0.3) is 0 Å². The Morgan fingerprint density at radius 3 is 1.01 bits per heavy atom. The molecule has 6 nitrogen and oxygen atoms in total. The number of nitrogens with zero attached hydrogens (tertiary/aromatic N) is 6. The molecule has 0 unspecified atom stereocenters. The molecule has 0 saturated carbocycles. The van der Waals surface area contributed by atoms with Gasteiger partial charge in [0.1, 0.15) is 58.2 Å². The lowest BCUT2D eigenvalue weighted by atomic mass is 9.98. The van der Waals surface area contributed by atoms with Gasteiger partial charge in [0.2, 0.25) is 0 Å². The summed E-state index contributed by atoms with van der Waals surface area (Å²) in [6.45, 7) is 0. The second kappa shape index (κ2) is 15.4. The molecule has 0 spiro atoms. The zero-order valence-corrected chi connectivity index (χ0v) is 39.3. The summed E-state index contributed by atoms with van der Waals surface area (Å²) in [4.78, 5) is 0. The van der Waals surface area contributed by atoms with E-state index in [4.69, 9.17) is 0 Å². The third-order valence-electron chi connectivity index (χ3n) is 14.8. The average molecular weight is 1000 g/mol. The number of thiophene rings is 1. The Labute approximate surface area is 422 Å². The summed E-state index contributed by atoms with van der Waals surface area (Å²) in [6, 6.07) is 49.5. The molecule has 0 saturated heterocycles. The van der Waals surface area contributed by atoms with E-state index >= 15 is 26.3 Å². The van der Waals surface area contributed by atoms with Gasteiger partial charge in [-0.3, -0.25) is 0 Å². The normalized spacial score (nSPS) is 12.1. The van der Waals surface area contributed by atoms with E-state index in [9.17, 15) is 10.5 Å². The maximum atomic E-state index is 15.6. The van der Waals surface area contributed by atoms with Gasteiger partial charge < -0.3 is 18.3 Å². The third-order valence-corrected chi connectivity index (χ3v) is 16.0. The first-order valence-electron chi connectivity index (χ1n) is 23.7. The van der Waals surface area contributed by atoms with Crippen LogP contribution in [0.5, 0.6) is 0 Å². The quantitative estimate of drug-likeness (QED) is 0.165. The molecule has 5 heterocycles. The Morgan fingerprint density at radius 1 is 0.307 bits per heavy atom. The fraction of sp³-hybridized carbons (Fsp3) is 0. The fourth-order valence-electron chi connectivity index (χ4n) is 11.9. The van der Waals surface area contributed by atoms with E-state index in [-0.39, 0.29) is 44.6 Å². The number of para-hydroxylation sites is 1. The van der Waals surface area contributed by atoms with Crippen molar-refractivity contribution in [1.29, 1.82) is 10.5 Å². The summed E-state index contributed by atoms with van der Waals surface area (Å²) in [5.74, 6) is -3.64. The number of nitriles is 2. The van der Waals surface area contributed by atoms with Crippen LogP contribution in [-0.2, 0) is 0 Å². The van der Waals surface area contributed by atoms with Crippen LogP contribution in [0.1, 0.15) is 11.1 Å². The molecule has 15 rings (SSSR count). The maximum absolute atomic E-state index is 15.6. The number of hydrogen-bond donors (Lipinski definition) is 0. The zero-order chi connectivity index (χ0) is 50.7. The molecule has 0 fully saturated rings. The van der Waals surface area contributed by atoms with Gasteiger partial charge in [-0.1, -0.05) is 48.5 Å². The highest BCUT2D eigenvalue weighted by Crippen LogP contribution is 2.51. The molecule has 13 heteroatoms. The smallest absolute Gasteiger partial charge is 0.123 e. The van der Waals surface area contributed by atoms with Crippen molar-refractivity contribution in [2.24, 2.45) is 0 Å². The van der Waals surface area contributed by atoms with Crippen molar-refractivity contribution < 1.29 is 26.3 Å². The molecule has 0 N–H and O–H groups in total. The molecule has 0 aliphatic carbocycles. The van der Waals surface area contributed by atoms with E-state index in [0.29, 0.717) is 65.7 Å². The van der Waals surface area contributed by atoms with Crippen LogP contribution in [0.3, 0.4) is 0 Å². The third kappa shape index (κ3) is 5.78. The van der Waals surface area contributed by atoms with Crippen LogP contribution in [-0.4, -0.2) is 18.3 Å². The number of hydrogen-bond acceptors (Lipinski definition) is 3. The molecule has 0 radical (unpaired) electrons. The van der Waals surface area contributed by atoms with Gasteiger partial charge in [0.05, 0.1) is 71.6 Å². The van der Waals surface area contributed by atoms with Crippen molar-refractivity contribution in [3.8, 4) is 34.9 Å². The SMILES string of the molecule is N#Cc1c(-n2c3ccc(F)cc3c3cc(F)ccc32)c(-n2c3ccc(F)cc3c3cc(F)ccc32)c(C#N)c(-n2c3ccccc3c3ccc4c5ccccc5sc4c32)c1-n1c2ccc(F)cc2c2cc(F)ccc21. The Hall–Kier alpha value is -9.82. The molecule has 10 aromatic carbocycles. The minimum absolute atomic E-state index is 0.0364. The highest BCUT2D eigenvalue weighted by Gasteiger charge is 2.35. The van der Waals surface area contributed by atoms with Crippen molar-refractivity contribution in [2.45, 2.75) is 0 Å². The second-order valence-corrected chi connectivity index (χ2v) is 19.7. The van der Waals surface area contributed by atoms with Crippen molar-refractivity contribution in [3.63, 3.8) is 0 Å². The lowest BCUT2D eigenvalue weighted by molar-refractivity contribution is 0.628. The molecule has 0 aliphatic rings. The van der Waals surface area contributed by atoms with Crippen LogP contribution in [0.15, 0.2) is 170 Å². The van der Waals surface area contributed by atoms with Crippen molar-refractivity contribution in [1.82, 2.24) is 18.3 Å². The Bertz CT molecular complexity index is 5020. The molecular formula is C62H28F6N6S. The highest BCUT2D eigenvalue weighted by atomic mass is 32.1. The summed E-state index contributed by atoms with van der Waals surface area (Å²) < 4.78 is 103. The van der Waals surface area contributed by atoms with Crippen LogP contribution >= 0.6 is 11.3 Å². The Morgan fingerprint density at radius 2 is 0.627 bits per heavy atom. The van der Waals surface area contributed by atoms with Crippen LogP contribution in [0, 0.1) is 57.6 Å². The van der Waals surface area contributed by atoms with E-state index in [2.05, 4.69) is 18.2 Å². The van der Waals surface area contributed by atoms with Crippen molar-refractivity contribution >= 4 is 119 Å². The lowest BCUT2D eigenvalue weighted by Crippen LogP contribution is -2.16. The first-order valence-corrected chi connectivity index (χ1v) is 24.5. The van der Waals surface area contributed by atoms with Gasteiger partial charge in [-0.05, 0) is 121 Å². The monoisotopic (exact) mass is 1000 g/mol. The van der Waals surface area contributed by atoms with E-state index in [1.807, 2.05) is 59.2 Å². The molecular weight excluding hydrogens is 975 g/mol. The topological polar surface area (TPSA) is 67.3 Å². The Balaban J connectivity index is 1.29. The van der Waals surface area contributed by atoms with Crippen molar-refractivity contribution in [2.75, 3.05) is 0 Å². The zero-order valence-electron chi connectivity index (χ0n) is 38.5. The van der Waals surface area contributed by atoms with E-state index < -0.39 is 34.9 Å². The van der Waals surface area contributed by atoms with Crippen LogP contribution in [0.2, 0.25) is 0 Å². The van der Waals surface area contributed by atoms with Gasteiger partial charge >= 0.3 is 0 Å². The number of aromatic nitrogens is 4. The van der Waals surface area contributed by atoms with Gasteiger partial charge in [-0.2, -0.15) is 10.5 Å². The lowest BCUT2D eigenvalue weighted by Gasteiger charge is -2.27. The molecule has 0 atom stereocenters. The molecule has 5 aromatic heterocycles. The summed E-state index contributed by atoms with van der Waals surface area (Å²) in [5, 5.41) is 30.3. The predicted molar refractivity (Wildman–Crippen MR) is 286 cm³/mol. The first-order chi connectivity index (χ1) is 36.6. The first kappa shape index (κ1) is 42.8. The minimum atomic E-state index is -0.615. The van der Waals surface area contributed by atoms with Gasteiger partial charge in [0, 0.05) is 58.6 Å². The second-order valence-electron chi connectivity index (χ2n) is 18.6. The number of rotatable bonds is 4. The number of fused-ring (bicyclic) bond motifs is 16. The van der Waals surface area contributed by atoms with E-state index in [0.717, 1.165) is 30.9 Å². The summed E-state index contributed by atoms with van der Waals surface area (Å²) in [6.07, 6.45) is 0. The van der Waals surface area contributed by atoms with Crippen LogP contribution in [0.25, 0.3) is 130 Å². The summed E-state index contributed by atoms with van der Waals surface area (Å²) >= 11 is 1.56. The molecule has 0 bridgehead atoms.